The van der Waals surface area contributed by atoms with Gasteiger partial charge in [-0.25, -0.2) is 13.8 Å². The number of anilines is 1. The molecule has 0 unspecified atom stereocenters. The SMILES string of the molecule is Nc1ncc(Br)cc1C(F)F. The van der Waals surface area contributed by atoms with E-state index < -0.39 is 6.43 Å². The molecule has 0 atom stereocenters. The van der Waals surface area contributed by atoms with Crippen molar-refractivity contribution in [2.75, 3.05) is 5.73 Å². The minimum atomic E-state index is -2.57. The van der Waals surface area contributed by atoms with Crippen LogP contribution in [0.5, 0.6) is 0 Å². The summed E-state index contributed by atoms with van der Waals surface area (Å²) in [6, 6.07) is 1.26. The molecule has 0 saturated carbocycles. The molecule has 0 saturated heterocycles. The monoisotopic (exact) mass is 222 g/mol. The van der Waals surface area contributed by atoms with E-state index in [0.717, 1.165) is 0 Å². The van der Waals surface area contributed by atoms with Gasteiger partial charge in [-0.15, -0.1) is 0 Å². The third-order valence-electron chi connectivity index (χ3n) is 1.15. The predicted octanol–water partition coefficient (Wildman–Crippen LogP) is 2.36. The van der Waals surface area contributed by atoms with Gasteiger partial charge in [0.25, 0.3) is 6.43 Å². The third kappa shape index (κ3) is 1.86. The lowest BCUT2D eigenvalue weighted by Gasteiger charge is -2.02. The van der Waals surface area contributed by atoms with E-state index in [4.69, 9.17) is 5.73 Å². The second kappa shape index (κ2) is 3.13. The van der Waals surface area contributed by atoms with Crippen molar-refractivity contribution in [2.24, 2.45) is 0 Å². The Labute approximate surface area is 70.6 Å². The second-order valence-corrected chi connectivity index (χ2v) is 2.84. The molecule has 0 aliphatic rings. The maximum absolute atomic E-state index is 12.1. The Hall–Kier alpha value is -0.710. The number of halogens is 3. The Morgan fingerprint density at radius 3 is 2.64 bits per heavy atom. The van der Waals surface area contributed by atoms with E-state index in [1.54, 1.807) is 0 Å². The van der Waals surface area contributed by atoms with Crippen molar-refractivity contribution in [3.63, 3.8) is 0 Å². The average molecular weight is 223 g/mol. The van der Waals surface area contributed by atoms with Crippen LogP contribution in [-0.2, 0) is 0 Å². The number of nitrogens with two attached hydrogens (primary N) is 1. The molecule has 0 aromatic carbocycles. The van der Waals surface area contributed by atoms with Crippen molar-refractivity contribution in [2.45, 2.75) is 6.43 Å². The normalized spacial score (nSPS) is 10.5. The molecule has 2 nitrogen and oxygen atoms in total. The fraction of sp³-hybridized carbons (Fsp3) is 0.167. The molecular weight excluding hydrogens is 218 g/mol. The number of rotatable bonds is 1. The highest BCUT2D eigenvalue weighted by atomic mass is 79.9. The van der Waals surface area contributed by atoms with Crippen LogP contribution in [0, 0.1) is 0 Å². The summed E-state index contributed by atoms with van der Waals surface area (Å²) in [7, 11) is 0. The minimum absolute atomic E-state index is 0.122. The van der Waals surface area contributed by atoms with Crippen LogP contribution in [0.25, 0.3) is 0 Å². The molecule has 0 aliphatic heterocycles. The van der Waals surface area contributed by atoms with E-state index in [2.05, 4.69) is 20.9 Å². The van der Waals surface area contributed by atoms with Crippen molar-refractivity contribution in [1.29, 1.82) is 0 Å². The lowest BCUT2D eigenvalue weighted by atomic mass is 10.3. The molecule has 0 bridgehead atoms. The molecular formula is C6H5BrF2N2. The van der Waals surface area contributed by atoms with Gasteiger partial charge in [-0.2, -0.15) is 0 Å². The van der Waals surface area contributed by atoms with E-state index in [1.807, 2.05) is 0 Å². The molecule has 0 amide bonds. The fourth-order valence-corrected chi connectivity index (χ4v) is 0.989. The van der Waals surface area contributed by atoms with Crippen LogP contribution in [0.2, 0.25) is 0 Å². The summed E-state index contributed by atoms with van der Waals surface area (Å²) in [5, 5.41) is 0. The number of hydrogen-bond acceptors (Lipinski definition) is 2. The van der Waals surface area contributed by atoms with E-state index in [1.165, 1.54) is 12.3 Å². The average Bonchev–Trinajstić information content (AvgIpc) is 1.94. The van der Waals surface area contributed by atoms with E-state index in [-0.39, 0.29) is 11.4 Å². The number of nitrogen functional groups attached to an aromatic ring is 1. The summed E-state index contributed by atoms with van der Waals surface area (Å²) in [5.41, 5.74) is 4.94. The number of pyridine rings is 1. The Morgan fingerprint density at radius 2 is 2.18 bits per heavy atom. The Morgan fingerprint density at radius 1 is 1.55 bits per heavy atom. The van der Waals surface area contributed by atoms with Crippen molar-refractivity contribution in [1.82, 2.24) is 4.98 Å². The molecule has 5 heteroatoms. The fourth-order valence-electron chi connectivity index (χ4n) is 0.640. The van der Waals surface area contributed by atoms with Gasteiger partial charge in [0.05, 0.1) is 5.56 Å². The molecule has 60 valence electrons. The molecule has 1 heterocycles. The first-order chi connectivity index (χ1) is 5.11. The second-order valence-electron chi connectivity index (χ2n) is 1.93. The Balaban J connectivity index is 3.13. The van der Waals surface area contributed by atoms with Crippen molar-refractivity contribution >= 4 is 21.7 Å². The summed E-state index contributed by atoms with van der Waals surface area (Å²) in [4.78, 5) is 3.55. The smallest absolute Gasteiger partial charge is 0.267 e. The minimum Gasteiger partial charge on any atom is -0.383 e. The highest BCUT2D eigenvalue weighted by Crippen LogP contribution is 2.25. The largest absolute Gasteiger partial charge is 0.383 e. The molecule has 1 rings (SSSR count). The topological polar surface area (TPSA) is 38.9 Å². The van der Waals surface area contributed by atoms with Gasteiger partial charge in [0, 0.05) is 10.7 Å². The predicted molar refractivity (Wildman–Crippen MR) is 41.3 cm³/mol. The van der Waals surface area contributed by atoms with E-state index >= 15 is 0 Å². The van der Waals surface area contributed by atoms with Gasteiger partial charge in [-0.1, -0.05) is 0 Å². The van der Waals surface area contributed by atoms with Crippen LogP contribution in [-0.4, -0.2) is 4.98 Å². The quantitative estimate of drug-likeness (QED) is 0.793. The van der Waals surface area contributed by atoms with E-state index in [9.17, 15) is 8.78 Å². The lowest BCUT2D eigenvalue weighted by molar-refractivity contribution is 0.152. The highest BCUT2D eigenvalue weighted by molar-refractivity contribution is 9.10. The summed E-state index contributed by atoms with van der Waals surface area (Å²) < 4.78 is 24.6. The maximum atomic E-state index is 12.1. The molecule has 1 aromatic heterocycles. The van der Waals surface area contributed by atoms with Gasteiger partial charge in [-0.05, 0) is 22.0 Å². The maximum Gasteiger partial charge on any atom is 0.267 e. The first-order valence-corrected chi connectivity index (χ1v) is 3.59. The summed E-state index contributed by atoms with van der Waals surface area (Å²) >= 11 is 3.01. The van der Waals surface area contributed by atoms with Crippen LogP contribution in [0.3, 0.4) is 0 Å². The zero-order valence-corrected chi connectivity index (χ0v) is 6.98. The summed E-state index contributed by atoms with van der Waals surface area (Å²) in [5.74, 6) is -0.122. The van der Waals surface area contributed by atoms with Gasteiger partial charge in [0.15, 0.2) is 0 Å². The van der Waals surface area contributed by atoms with Crippen LogP contribution < -0.4 is 5.73 Å². The third-order valence-corrected chi connectivity index (χ3v) is 1.58. The van der Waals surface area contributed by atoms with Gasteiger partial charge in [-0.3, -0.25) is 0 Å². The van der Waals surface area contributed by atoms with E-state index in [0.29, 0.717) is 4.47 Å². The molecule has 0 fully saturated rings. The molecule has 11 heavy (non-hydrogen) atoms. The van der Waals surface area contributed by atoms with Crippen LogP contribution in [0.15, 0.2) is 16.7 Å². The molecule has 0 radical (unpaired) electrons. The standard InChI is InChI=1S/C6H5BrF2N2/c7-3-1-4(5(8)9)6(10)11-2-3/h1-2,5H,(H2,10,11). The molecule has 2 N–H and O–H groups in total. The number of nitrogens with zero attached hydrogens (tertiary/aromatic N) is 1. The van der Waals surface area contributed by atoms with Gasteiger partial charge >= 0.3 is 0 Å². The number of alkyl halides is 2. The first kappa shape index (κ1) is 8.39. The van der Waals surface area contributed by atoms with Crippen LogP contribution >= 0.6 is 15.9 Å². The van der Waals surface area contributed by atoms with Crippen LogP contribution in [0.1, 0.15) is 12.0 Å². The summed E-state index contributed by atoms with van der Waals surface area (Å²) in [6.07, 6.45) is -1.19. The van der Waals surface area contributed by atoms with Crippen LogP contribution in [0.4, 0.5) is 14.6 Å². The molecule has 0 aliphatic carbocycles. The summed E-state index contributed by atoms with van der Waals surface area (Å²) in [6.45, 7) is 0. The van der Waals surface area contributed by atoms with Gasteiger partial charge in [0.2, 0.25) is 0 Å². The number of hydrogen-bond donors (Lipinski definition) is 1. The van der Waals surface area contributed by atoms with Gasteiger partial charge < -0.3 is 5.73 Å². The Bertz CT molecular complexity index is 265. The van der Waals surface area contributed by atoms with Crippen molar-refractivity contribution in [3.05, 3.63) is 22.3 Å². The van der Waals surface area contributed by atoms with Crippen molar-refractivity contribution < 1.29 is 8.78 Å². The zero-order chi connectivity index (χ0) is 8.43. The number of aromatic nitrogens is 1. The lowest BCUT2D eigenvalue weighted by Crippen LogP contribution is -1.97. The van der Waals surface area contributed by atoms with Crippen molar-refractivity contribution in [3.8, 4) is 0 Å². The first-order valence-electron chi connectivity index (χ1n) is 2.80. The Kier molecular flexibility index (Phi) is 2.38. The molecule has 1 aromatic rings. The highest BCUT2D eigenvalue weighted by Gasteiger charge is 2.11. The zero-order valence-electron chi connectivity index (χ0n) is 5.39. The van der Waals surface area contributed by atoms with Gasteiger partial charge in [0.1, 0.15) is 5.82 Å². The molecule has 0 spiro atoms.